The van der Waals surface area contributed by atoms with Crippen LogP contribution in [0.25, 0.3) is 0 Å². The molecule has 4 nitrogen and oxygen atoms in total. The Morgan fingerprint density at radius 2 is 2.04 bits per heavy atom. The molecule has 0 N–H and O–H groups in total. The predicted molar refractivity (Wildman–Crippen MR) is 103 cm³/mol. The molecule has 0 spiro atoms. The summed E-state index contributed by atoms with van der Waals surface area (Å²) in [5, 5.41) is 4.34. The zero-order chi connectivity index (χ0) is 17.6. The highest BCUT2D eigenvalue weighted by molar-refractivity contribution is 7.07. The SMILES string of the molecule is c1cncc(CN(Cc2ccsc2)Cc2ccc([C@H]3CCCCO3)o2)c1. The van der Waals surface area contributed by atoms with E-state index >= 15 is 0 Å². The van der Waals surface area contributed by atoms with Crippen molar-refractivity contribution in [1.82, 2.24) is 9.88 Å². The minimum absolute atomic E-state index is 0.126. The molecule has 1 fully saturated rings. The molecule has 0 saturated carbocycles. The lowest BCUT2D eigenvalue weighted by Crippen LogP contribution is -2.22. The van der Waals surface area contributed by atoms with Crippen molar-refractivity contribution < 1.29 is 9.15 Å². The van der Waals surface area contributed by atoms with E-state index < -0.39 is 0 Å². The Morgan fingerprint density at radius 1 is 1.08 bits per heavy atom. The number of rotatable bonds is 7. The first kappa shape index (κ1) is 17.5. The van der Waals surface area contributed by atoms with Crippen molar-refractivity contribution in [2.24, 2.45) is 0 Å². The van der Waals surface area contributed by atoms with Crippen LogP contribution in [-0.2, 0) is 24.4 Å². The van der Waals surface area contributed by atoms with E-state index in [9.17, 15) is 0 Å². The van der Waals surface area contributed by atoms with Gasteiger partial charge >= 0.3 is 0 Å². The Labute approximate surface area is 158 Å². The molecule has 0 unspecified atom stereocenters. The van der Waals surface area contributed by atoms with Crippen LogP contribution in [0.3, 0.4) is 0 Å². The molecular weight excluding hydrogens is 344 g/mol. The average Bonchev–Trinajstić information content (AvgIpc) is 3.35. The van der Waals surface area contributed by atoms with Crippen molar-refractivity contribution in [3.05, 3.63) is 76.1 Å². The molecule has 5 heteroatoms. The number of aromatic nitrogens is 1. The van der Waals surface area contributed by atoms with Gasteiger partial charge in [0.25, 0.3) is 0 Å². The zero-order valence-corrected chi connectivity index (χ0v) is 15.7. The highest BCUT2D eigenvalue weighted by atomic mass is 32.1. The quantitative estimate of drug-likeness (QED) is 0.576. The monoisotopic (exact) mass is 368 g/mol. The Hall–Kier alpha value is -1.95. The van der Waals surface area contributed by atoms with E-state index in [-0.39, 0.29) is 6.10 Å². The average molecular weight is 369 g/mol. The number of furan rings is 1. The normalized spacial score (nSPS) is 17.7. The van der Waals surface area contributed by atoms with Gasteiger partial charge < -0.3 is 9.15 Å². The summed E-state index contributed by atoms with van der Waals surface area (Å²) in [5.41, 5.74) is 2.55. The van der Waals surface area contributed by atoms with Gasteiger partial charge in [-0.1, -0.05) is 6.07 Å². The van der Waals surface area contributed by atoms with Crippen molar-refractivity contribution >= 4 is 11.3 Å². The number of hydrogen-bond donors (Lipinski definition) is 0. The van der Waals surface area contributed by atoms with Crippen LogP contribution >= 0.6 is 11.3 Å². The molecule has 1 aliphatic rings. The molecule has 1 saturated heterocycles. The van der Waals surface area contributed by atoms with Crippen LogP contribution in [0.5, 0.6) is 0 Å². The summed E-state index contributed by atoms with van der Waals surface area (Å²) in [5.74, 6) is 1.96. The molecule has 0 aliphatic carbocycles. The third-order valence-corrected chi connectivity index (χ3v) is 5.41. The lowest BCUT2D eigenvalue weighted by atomic mass is 10.1. The Balaban J connectivity index is 1.46. The summed E-state index contributed by atoms with van der Waals surface area (Å²) in [4.78, 5) is 6.63. The Bertz CT molecular complexity index is 779. The minimum Gasteiger partial charge on any atom is -0.462 e. The summed E-state index contributed by atoms with van der Waals surface area (Å²) >= 11 is 1.74. The molecule has 1 atom stereocenters. The van der Waals surface area contributed by atoms with Crippen molar-refractivity contribution in [3.63, 3.8) is 0 Å². The topological polar surface area (TPSA) is 38.5 Å². The summed E-state index contributed by atoms with van der Waals surface area (Å²) in [6.45, 7) is 3.36. The van der Waals surface area contributed by atoms with E-state index in [1.165, 1.54) is 17.5 Å². The molecule has 0 radical (unpaired) electrons. The van der Waals surface area contributed by atoms with E-state index in [1.54, 1.807) is 11.3 Å². The fourth-order valence-electron chi connectivity index (χ4n) is 3.40. The molecule has 3 aromatic heterocycles. The maximum absolute atomic E-state index is 6.13. The largest absolute Gasteiger partial charge is 0.462 e. The standard InChI is InChI=1S/C21H24N2O2S/c1-2-10-24-20(5-1)21-7-6-19(25-21)15-23(14-18-8-11-26-16-18)13-17-4-3-9-22-12-17/h3-4,6-9,11-12,16,20H,1-2,5,10,13-15H2/t20-/m1/s1. The third kappa shape index (κ3) is 4.61. The molecule has 0 amide bonds. The van der Waals surface area contributed by atoms with Gasteiger partial charge in [-0.15, -0.1) is 0 Å². The Kier molecular flexibility index (Phi) is 5.79. The van der Waals surface area contributed by atoms with Gasteiger partial charge in [0.05, 0.1) is 6.54 Å². The van der Waals surface area contributed by atoms with Gasteiger partial charge in [0.2, 0.25) is 0 Å². The molecule has 136 valence electrons. The smallest absolute Gasteiger partial charge is 0.133 e. The molecule has 26 heavy (non-hydrogen) atoms. The lowest BCUT2D eigenvalue weighted by molar-refractivity contribution is 0.000783. The van der Waals surface area contributed by atoms with Gasteiger partial charge in [-0.25, -0.2) is 0 Å². The first-order valence-electron chi connectivity index (χ1n) is 9.19. The number of pyridine rings is 1. The molecule has 1 aliphatic heterocycles. The van der Waals surface area contributed by atoms with Crippen molar-refractivity contribution in [2.75, 3.05) is 6.61 Å². The first-order valence-corrected chi connectivity index (χ1v) is 10.1. The summed E-state index contributed by atoms with van der Waals surface area (Å²) in [6, 6.07) is 10.5. The number of ether oxygens (including phenoxy) is 1. The minimum atomic E-state index is 0.126. The number of hydrogen-bond acceptors (Lipinski definition) is 5. The van der Waals surface area contributed by atoms with Crippen LogP contribution in [0.15, 0.2) is 57.9 Å². The van der Waals surface area contributed by atoms with E-state index in [2.05, 4.69) is 44.9 Å². The summed E-state index contributed by atoms with van der Waals surface area (Å²) in [6.07, 6.45) is 7.30. The van der Waals surface area contributed by atoms with Gasteiger partial charge in [0, 0.05) is 32.1 Å². The highest BCUT2D eigenvalue weighted by Crippen LogP contribution is 2.29. The van der Waals surface area contributed by atoms with Gasteiger partial charge in [0.15, 0.2) is 0 Å². The van der Waals surface area contributed by atoms with Crippen LogP contribution < -0.4 is 0 Å². The number of thiophene rings is 1. The van der Waals surface area contributed by atoms with Gasteiger partial charge in [0.1, 0.15) is 17.6 Å². The van der Waals surface area contributed by atoms with Crippen LogP contribution in [0.1, 0.15) is 48.0 Å². The maximum atomic E-state index is 6.13. The second-order valence-corrected chi connectivity index (χ2v) is 7.58. The van der Waals surface area contributed by atoms with Crippen molar-refractivity contribution in [3.8, 4) is 0 Å². The molecule has 3 aromatic rings. The van der Waals surface area contributed by atoms with E-state index in [4.69, 9.17) is 9.15 Å². The van der Waals surface area contributed by atoms with Crippen LogP contribution in [0.4, 0.5) is 0 Å². The fraction of sp³-hybridized carbons (Fsp3) is 0.381. The van der Waals surface area contributed by atoms with Crippen LogP contribution in [-0.4, -0.2) is 16.5 Å². The fourth-order valence-corrected chi connectivity index (χ4v) is 4.06. The van der Waals surface area contributed by atoms with E-state index in [0.717, 1.165) is 50.6 Å². The van der Waals surface area contributed by atoms with E-state index in [1.807, 2.05) is 18.5 Å². The van der Waals surface area contributed by atoms with Crippen molar-refractivity contribution in [1.29, 1.82) is 0 Å². The second kappa shape index (κ2) is 8.62. The molecular formula is C21H24N2O2S. The van der Waals surface area contributed by atoms with Gasteiger partial charge in [-0.3, -0.25) is 9.88 Å². The van der Waals surface area contributed by atoms with Crippen molar-refractivity contribution in [2.45, 2.75) is 45.0 Å². The van der Waals surface area contributed by atoms with Gasteiger partial charge in [-0.05, 0) is 65.4 Å². The molecule has 0 bridgehead atoms. The van der Waals surface area contributed by atoms with Crippen LogP contribution in [0, 0.1) is 0 Å². The highest BCUT2D eigenvalue weighted by Gasteiger charge is 2.20. The lowest BCUT2D eigenvalue weighted by Gasteiger charge is -2.22. The predicted octanol–water partition coefficient (Wildman–Crippen LogP) is 5.18. The van der Waals surface area contributed by atoms with Gasteiger partial charge in [-0.2, -0.15) is 11.3 Å². The first-order chi connectivity index (χ1) is 12.9. The summed E-state index contributed by atoms with van der Waals surface area (Å²) < 4.78 is 12.0. The second-order valence-electron chi connectivity index (χ2n) is 6.80. The molecule has 4 rings (SSSR count). The number of nitrogens with zero attached hydrogens (tertiary/aromatic N) is 2. The maximum Gasteiger partial charge on any atom is 0.133 e. The van der Waals surface area contributed by atoms with Crippen LogP contribution in [0.2, 0.25) is 0 Å². The third-order valence-electron chi connectivity index (χ3n) is 4.67. The summed E-state index contributed by atoms with van der Waals surface area (Å²) in [7, 11) is 0. The molecule has 0 aromatic carbocycles. The van der Waals surface area contributed by atoms with E-state index in [0.29, 0.717) is 0 Å². The zero-order valence-electron chi connectivity index (χ0n) is 14.8. The Morgan fingerprint density at radius 3 is 2.81 bits per heavy atom. The molecule has 4 heterocycles.